The average molecular weight is 326 g/mol. The second-order valence-corrected chi connectivity index (χ2v) is 5.97. The van der Waals surface area contributed by atoms with Crippen LogP contribution in [0.3, 0.4) is 0 Å². The lowest BCUT2D eigenvalue weighted by Crippen LogP contribution is -2.45. The highest BCUT2D eigenvalue weighted by Crippen LogP contribution is 2.20. The molecule has 0 unspecified atom stereocenters. The van der Waals surface area contributed by atoms with E-state index in [4.69, 9.17) is 0 Å². The van der Waals surface area contributed by atoms with Gasteiger partial charge in [0.15, 0.2) is 0 Å². The first-order valence-corrected chi connectivity index (χ1v) is 7.31. The SMILES string of the molecule is CN(C)C1CCN(C(=O)CC2CCNCC2)CC1.Cl.Cl. The summed E-state index contributed by atoms with van der Waals surface area (Å²) in [4.78, 5) is 16.6. The van der Waals surface area contributed by atoms with Crippen molar-refractivity contribution in [2.75, 3.05) is 40.3 Å². The minimum Gasteiger partial charge on any atom is -0.343 e. The van der Waals surface area contributed by atoms with Gasteiger partial charge in [-0.1, -0.05) is 0 Å². The van der Waals surface area contributed by atoms with Crippen LogP contribution >= 0.6 is 24.8 Å². The number of amides is 1. The molecule has 6 heteroatoms. The highest BCUT2D eigenvalue weighted by molar-refractivity contribution is 5.85. The Hall–Kier alpha value is -0.0300. The largest absolute Gasteiger partial charge is 0.343 e. The molecule has 0 atom stereocenters. The highest BCUT2D eigenvalue weighted by Gasteiger charge is 2.25. The van der Waals surface area contributed by atoms with Gasteiger partial charge in [-0.2, -0.15) is 0 Å². The maximum absolute atomic E-state index is 12.2. The van der Waals surface area contributed by atoms with Crippen molar-refractivity contribution in [3.8, 4) is 0 Å². The molecule has 0 aromatic rings. The molecule has 2 aliphatic rings. The van der Waals surface area contributed by atoms with Crippen LogP contribution in [0.2, 0.25) is 0 Å². The summed E-state index contributed by atoms with van der Waals surface area (Å²) in [6.07, 6.45) is 5.37. The number of rotatable bonds is 3. The van der Waals surface area contributed by atoms with Crippen LogP contribution in [0, 0.1) is 5.92 Å². The predicted octanol–water partition coefficient (Wildman–Crippen LogP) is 1.77. The summed E-state index contributed by atoms with van der Waals surface area (Å²) in [6, 6.07) is 0.660. The van der Waals surface area contributed by atoms with Gasteiger partial charge in [0.05, 0.1) is 0 Å². The predicted molar refractivity (Wildman–Crippen MR) is 88.0 cm³/mol. The molecular weight excluding hydrogens is 297 g/mol. The maximum atomic E-state index is 12.2. The molecule has 4 nitrogen and oxygen atoms in total. The summed E-state index contributed by atoms with van der Waals surface area (Å²) in [5.41, 5.74) is 0. The molecular formula is C14H29Cl2N3O. The quantitative estimate of drug-likeness (QED) is 0.859. The van der Waals surface area contributed by atoms with Gasteiger partial charge < -0.3 is 15.1 Å². The van der Waals surface area contributed by atoms with E-state index in [1.807, 2.05) is 0 Å². The zero-order valence-corrected chi connectivity index (χ0v) is 14.3. The van der Waals surface area contributed by atoms with E-state index in [1.54, 1.807) is 0 Å². The number of nitrogens with zero attached hydrogens (tertiary/aromatic N) is 2. The fourth-order valence-corrected chi connectivity index (χ4v) is 3.09. The van der Waals surface area contributed by atoms with Gasteiger partial charge in [-0.15, -0.1) is 24.8 Å². The van der Waals surface area contributed by atoms with Crippen molar-refractivity contribution in [3.63, 3.8) is 0 Å². The van der Waals surface area contributed by atoms with Crippen LogP contribution < -0.4 is 5.32 Å². The monoisotopic (exact) mass is 325 g/mol. The summed E-state index contributed by atoms with van der Waals surface area (Å²) in [5, 5.41) is 3.36. The number of carbonyl (C=O) groups is 1. The first kappa shape index (κ1) is 20.0. The number of likely N-dealkylation sites (tertiary alicyclic amines) is 1. The fraction of sp³-hybridized carbons (Fsp3) is 0.929. The van der Waals surface area contributed by atoms with Crippen LogP contribution in [0.15, 0.2) is 0 Å². The smallest absolute Gasteiger partial charge is 0.222 e. The Bertz CT molecular complexity index is 276. The van der Waals surface area contributed by atoms with Crippen LogP contribution in [0.4, 0.5) is 0 Å². The van der Waals surface area contributed by atoms with Gasteiger partial charge in [-0.3, -0.25) is 4.79 Å². The van der Waals surface area contributed by atoms with Crippen molar-refractivity contribution in [2.45, 2.75) is 38.1 Å². The Kier molecular flexibility index (Phi) is 9.81. The summed E-state index contributed by atoms with van der Waals surface area (Å²) >= 11 is 0. The van der Waals surface area contributed by atoms with Crippen LogP contribution in [0.25, 0.3) is 0 Å². The third-order valence-corrected chi connectivity index (χ3v) is 4.47. The number of halogens is 2. The lowest BCUT2D eigenvalue weighted by atomic mass is 9.93. The highest BCUT2D eigenvalue weighted by atomic mass is 35.5. The third-order valence-electron chi connectivity index (χ3n) is 4.47. The number of nitrogens with one attached hydrogen (secondary N) is 1. The van der Waals surface area contributed by atoms with Crippen LogP contribution in [0.1, 0.15) is 32.1 Å². The van der Waals surface area contributed by atoms with E-state index < -0.39 is 0 Å². The van der Waals surface area contributed by atoms with E-state index >= 15 is 0 Å². The molecule has 1 amide bonds. The summed E-state index contributed by atoms with van der Waals surface area (Å²) in [6.45, 7) is 4.07. The van der Waals surface area contributed by atoms with Crippen molar-refractivity contribution >= 4 is 30.7 Å². The molecule has 2 aliphatic heterocycles. The van der Waals surface area contributed by atoms with Crippen molar-refractivity contribution in [2.24, 2.45) is 5.92 Å². The number of piperidine rings is 2. The molecule has 120 valence electrons. The number of carbonyl (C=O) groups excluding carboxylic acids is 1. The summed E-state index contributed by atoms with van der Waals surface area (Å²) < 4.78 is 0. The lowest BCUT2D eigenvalue weighted by molar-refractivity contribution is -0.133. The van der Waals surface area contributed by atoms with Crippen LogP contribution in [-0.4, -0.2) is 62.0 Å². The second kappa shape index (κ2) is 9.82. The fourth-order valence-electron chi connectivity index (χ4n) is 3.09. The van der Waals surface area contributed by atoms with Crippen molar-refractivity contribution < 1.29 is 4.79 Å². The third kappa shape index (κ3) is 5.76. The number of hydrogen-bond acceptors (Lipinski definition) is 3. The second-order valence-electron chi connectivity index (χ2n) is 5.97. The minimum atomic E-state index is 0. The van der Waals surface area contributed by atoms with E-state index in [-0.39, 0.29) is 24.8 Å². The van der Waals surface area contributed by atoms with Crippen molar-refractivity contribution in [3.05, 3.63) is 0 Å². The van der Waals surface area contributed by atoms with E-state index in [0.29, 0.717) is 17.9 Å². The van der Waals surface area contributed by atoms with Crippen molar-refractivity contribution in [1.29, 1.82) is 0 Å². The van der Waals surface area contributed by atoms with Gasteiger partial charge in [-0.05, 0) is 58.8 Å². The topological polar surface area (TPSA) is 35.6 Å². The zero-order chi connectivity index (χ0) is 13.0. The van der Waals surface area contributed by atoms with Gasteiger partial charge in [0.2, 0.25) is 5.91 Å². The Morgan fingerprint density at radius 3 is 2.15 bits per heavy atom. The molecule has 2 saturated heterocycles. The normalized spacial score (nSPS) is 21.2. The Morgan fingerprint density at radius 2 is 1.65 bits per heavy atom. The Labute approximate surface area is 135 Å². The molecule has 20 heavy (non-hydrogen) atoms. The van der Waals surface area contributed by atoms with E-state index in [0.717, 1.165) is 45.4 Å². The van der Waals surface area contributed by atoms with Gasteiger partial charge in [0.25, 0.3) is 0 Å². The average Bonchev–Trinajstić information content (AvgIpc) is 2.40. The standard InChI is InChI=1S/C14H27N3O.2ClH/c1-16(2)13-5-9-17(10-6-13)14(18)11-12-3-7-15-8-4-12;;/h12-13,15H,3-11H2,1-2H3;2*1H. The van der Waals surface area contributed by atoms with E-state index in [1.165, 1.54) is 12.8 Å². The van der Waals surface area contributed by atoms with Gasteiger partial charge in [0.1, 0.15) is 0 Å². The van der Waals surface area contributed by atoms with Crippen LogP contribution in [-0.2, 0) is 4.79 Å². The summed E-state index contributed by atoms with van der Waals surface area (Å²) in [5.74, 6) is 1.00. The molecule has 2 fully saturated rings. The molecule has 1 N–H and O–H groups in total. The van der Waals surface area contributed by atoms with Crippen molar-refractivity contribution in [1.82, 2.24) is 15.1 Å². The van der Waals surface area contributed by atoms with Gasteiger partial charge in [-0.25, -0.2) is 0 Å². The molecule has 0 radical (unpaired) electrons. The Balaban J connectivity index is 0.00000180. The van der Waals surface area contributed by atoms with E-state index in [9.17, 15) is 4.79 Å². The molecule has 2 rings (SSSR count). The van der Waals surface area contributed by atoms with Gasteiger partial charge >= 0.3 is 0 Å². The minimum absolute atomic E-state index is 0. The maximum Gasteiger partial charge on any atom is 0.222 e. The summed E-state index contributed by atoms with van der Waals surface area (Å²) in [7, 11) is 4.27. The Morgan fingerprint density at radius 1 is 1.10 bits per heavy atom. The molecule has 0 spiro atoms. The van der Waals surface area contributed by atoms with Gasteiger partial charge in [0, 0.05) is 25.6 Å². The molecule has 2 heterocycles. The molecule has 0 aromatic carbocycles. The first-order chi connectivity index (χ1) is 8.66. The molecule has 0 aromatic heterocycles. The zero-order valence-electron chi connectivity index (χ0n) is 12.6. The number of hydrogen-bond donors (Lipinski definition) is 1. The van der Waals surface area contributed by atoms with Crippen LogP contribution in [0.5, 0.6) is 0 Å². The first-order valence-electron chi connectivity index (χ1n) is 7.31. The molecule has 0 saturated carbocycles. The molecule has 0 bridgehead atoms. The lowest BCUT2D eigenvalue weighted by Gasteiger charge is -2.36. The molecule has 0 aliphatic carbocycles. The van der Waals surface area contributed by atoms with E-state index in [2.05, 4.69) is 29.2 Å².